The molecule has 0 radical (unpaired) electrons. The maximum atomic E-state index is 13.7. The third-order valence-corrected chi connectivity index (χ3v) is 4.76. The van der Waals surface area contributed by atoms with Crippen LogP contribution in [-0.2, 0) is 10.0 Å². The minimum Gasteiger partial charge on any atom is -0.398 e. The Labute approximate surface area is 135 Å². The van der Waals surface area contributed by atoms with Crippen LogP contribution in [0, 0.1) is 5.82 Å². The smallest absolute Gasteiger partial charge is 0.266 e. The molecule has 2 aromatic carbocycles. The highest BCUT2D eigenvalue weighted by molar-refractivity contribution is 7.93. The number of nitrogen functional groups attached to an aromatic ring is 1. The number of anilines is 2. The molecule has 0 heterocycles. The van der Waals surface area contributed by atoms with E-state index < -0.39 is 20.7 Å². The van der Waals surface area contributed by atoms with Crippen molar-refractivity contribution in [3.63, 3.8) is 0 Å². The molecule has 0 atom stereocenters. The van der Waals surface area contributed by atoms with Gasteiger partial charge in [-0.3, -0.25) is 4.72 Å². The number of sulfonamides is 1. The maximum absolute atomic E-state index is 13.7. The summed E-state index contributed by atoms with van der Waals surface area (Å²) < 4.78 is 40.3. The van der Waals surface area contributed by atoms with Gasteiger partial charge >= 0.3 is 0 Å². The first-order chi connectivity index (χ1) is 9.72. The molecule has 0 aliphatic heterocycles. The van der Waals surface area contributed by atoms with Gasteiger partial charge in [0, 0.05) is 5.02 Å². The quantitative estimate of drug-likeness (QED) is 0.798. The number of hydrogen-bond donors (Lipinski definition) is 2. The molecule has 112 valence electrons. The van der Waals surface area contributed by atoms with Crippen LogP contribution in [0.5, 0.6) is 0 Å². The van der Waals surface area contributed by atoms with Crippen LogP contribution in [-0.4, -0.2) is 8.42 Å². The summed E-state index contributed by atoms with van der Waals surface area (Å²) in [5, 5.41) is 0.190. The van der Waals surface area contributed by atoms with E-state index in [-0.39, 0.29) is 26.4 Å². The maximum Gasteiger partial charge on any atom is 0.266 e. The Morgan fingerprint density at radius 3 is 2.19 bits per heavy atom. The Kier molecular flexibility index (Phi) is 4.53. The lowest BCUT2D eigenvalue weighted by Crippen LogP contribution is -2.17. The fourth-order valence-corrected chi connectivity index (χ4v) is 3.95. The molecule has 0 bridgehead atoms. The topological polar surface area (TPSA) is 72.2 Å². The van der Waals surface area contributed by atoms with Gasteiger partial charge in [-0.05, 0) is 24.3 Å². The van der Waals surface area contributed by atoms with Gasteiger partial charge in [0.05, 0.1) is 21.4 Å². The van der Waals surface area contributed by atoms with E-state index in [0.29, 0.717) is 0 Å². The average Bonchev–Trinajstić information content (AvgIpc) is 2.33. The summed E-state index contributed by atoms with van der Waals surface area (Å²) in [5.74, 6) is -0.983. The molecule has 2 aromatic rings. The fourth-order valence-electron chi connectivity index (χ4n) is 1.63. The summed E-state index contributed by atoms with van der Waals surface area (Å²) in [7, 11) is -4.29. The van der Waals surface area contributed by atoms with E-state index in [9.17, 15) is 12.8 Å². The predicted molar refractivity (Wildman–Crippen MR) is 83.1 cm³/mol. The van der Waals surface area contributed by atoms with E-state index in [1.54, 1.807) is 0 Å². The minimum atomic E-state index is -4.29. The van der Waals surface area contributed by atoms with Crippen molar-refractivity contribution in [2.45, 2.75) is 4.90 Å². The largest absolute Gasteiger partial charge is 0.398 e. The van der Waals surface area contributed by atoms with Crippen LogP contribution in [0.1, 0.15) is 0 Å². The molecule has 2 rings (SSSR count). The Morgan fingerprint density at radius 1 is 1.10 bits per heavy atom. The molecule has 0 saturated heterocycles. The Hall–Kier alpha value is -1.21. The van der Waals surface area contributed by atoms with Crippen molar-refractivity contribution in [3.05, 3.63) is 51.2 Å². The van der Waals surface area contributed by atoms with Crippen LogP contribution in [0.2, 0.25) is 15.1 Å². The summed E-state index contributed by atoms with van der Waals surface area (Å²) >= 11 is 17.5. The van der Waals surface area contributed by atoms with Crippen LogP contribution in [0.15, 0.2) is 35.2 Å². The number of rotatable bonds is 3. The van der Waals surface area contributed by atoms with Crippen molar-refractivity contribution in [1.82, 2.24) is 0 Å². The Morgan fingerprint density at radius 2 is 1.67 bits per heavy atom. The first-order valence-electron chi connectivity index (χ1n) is 5.43. The molecule has 0 unspecified atom stereocenters. The molecule has 3 N–H and O–H groups in total. The van der Waals surface area contributed by atoms with Crippen molar-refractivity contribution < 1.29 is 12.8 Å². The van der Waals surface area contributed by atoms with E-state index in [1.807, 2.05) is 0 Å². The van der Waals surface area contributed by atoms with Gasteiger partial charge in [0.1, 0.15) is 10.7 Å². The van der Waals surface area contributed by atoms with Gasteiger partial charge in [-0.25, -0.2) is 12.8 Å². The van der Waals surface area contributed by atoms with Gasteiger partial charge < -0.3 is 5.73 Å². The normalized spacial score (nSPS) is 11.4. The SMILES string of the molecule is Nc1cccc(F)c1S(=O)(=O)Nc1c(Cl)cc(Cl)cc1Cl. The second-order valence-corrected chi connectivity index (χ2v) is 6.88. The molecule has 4 nitrogen and oxygen atoms in total. The first kappa shape index (κ1) is 16.2. The summed E-state index contributed by atoms with van der Waals surface area (Å²) in [4.78, 5) is -0.674. The first-order valence-corrected chi connectivity index (χ1v) is 8.05. The average molecular weight is 370 g/mol. The summed E-state index contributed by atoms with van der Waals surface area (Å²) in [6, 6.07) is 6.15. The lowest BCUT2D eigenvalue weighted by Gasteiger charge is -2.13. The standard InChI is InChI=1S/C12H8Cl3FN2O2S/c13-6-4-7(14)11(8(15)5-6)18-21(19,20)12-9(16)2-1-3-10(12)17/h1-5,18H,17H2. The third-order valence-electron chi connectivity index (χ3n) is 2.51. The lowest BCUT2D eigenvalue weighted by atomic mass is 10.3. The number of nitrogens with one attached hydrogen (secondary N) is 1. The summed E-state index contributed by atoms with van der Waals surface area (Å²) in [6.45, 7) is 0. The highest BCUT2D eigenvalue weighted by Gasteiger charge is 2.24. The van der Waals surface area contributed by atoms with Gasteiger partial charge in [-0.2, -0.15) is 0 Å². The summed E-state index contributed by atoms with van der Waals surface area (Å²) in [6.07, 6.45) is 0. The monoisotopic (exact) mass is 368 g/mol. The zero-order valence-electron chi connectivity index (χ0n) is 10.2. The van der Waals surface area contributed by atoms with Crippen LogP contribution >= 0.6 is 34.8 Å². The number of nitrogens with two attached hydrogens (primary N) is 1. The molecule has 9 heteroatoms. The van der Waals surface area contributed by atoms with E-state index in [4.69, 9.17) is 40.5 Å². The molecule has 0 saturated carbocycles. The number of hydrogen-bond acceptors (Lipinski definition) is 3. The molecule has 0 spiro atoms. The van der Waals surface area contributed by atoms with Crippen molar-refractivity contribution in [2.75, 3.05) is 10.5 Å². The van der Waals surface area contributed by atoms with Crippen molar-refractivity contribution in [1.29, 1.82) is 0 Å². The number of benzene rings is 2. The second-order valence-electron chi connectivity index (χ2n) is 4.01. The molecule has 0 fully saturated rings. The lowest BCUT2D eigenvalue weighted by molar-refractivity contribution is 0.572. The van der Waals surface area contributed by atoms with Gasteiger partial charge in [0.2, 0.25) is 0 Å². The van der Waals surface area contributed by atoms with E-state index in [1.165, 1.54) is 24.3 Å². The molecule has 21 heavy (non-hydrogen) atoms. The van der Waals surface area contributed by atoms with E-state index >= 15 is 0 Å². The highest BCUT2D eigenvalue weighted by Crippen LogP contribution is 2.36. The molecule has 0 aliphatic rings. The van der Waals surface area contributed by atoms with Gasteiger partial charge in [-0.1, -0.05) is 40.9 Å². The second kappa shape index (κ2) is 5.88. The van der Waals surface area contributed by atoms with Crippen LogP contribution in [0.4, 0.5) is 15.8 Å². The van der Waals surface area contributed by atoms with E-state index in [0.717, 1.165) is 6.07 Å². The fraction of sp³-hybridized carbons (Fsp3) is 0. The molecule has 0 aromatic heterocycles. The zero-order valence-corrected chi connectivity index (χ0v) is 13.3. The highest BCUT2D eigenvalue weighted by atomic mass is 35.5. The molecule has 0 aliphatic carbocycles. The van der Waals surface area contributed by atoms with E-state index in [2.05, 4.69) is 4.72 Å². The number of halogens is 4. The van der Waals surface area contributed by atoms with Crippen LogP contribution in [0.25, 0.3) is 0 Å². The van der Waals surface area contributed by atoms with Crippen LogP contribution in [0.3, 0.4) is 0 Å². The van der Waals surface area contributed by atoms with Gasteiger partial charge in [-0.15, -0.1) is 0 Å². The predicted octanol–water partition coefficient (Wildman–Crippen LogP) is 4.17. The van der Waals surface area contributed by atoms with Gasteiger partial charge in [0.25, 0.3) is 10.0 Å². The Bertz CT molecular complexity index is 769. The van der Waals surface area contributed by atoms with Crippen molar-refractivity contribution in [2.24, 2.45) is 0 Å². The molecular formula is C12H8Cl3FN2O2S. The third kappa shape index (κ3) is 3.35. The molecular weight excluding hydrogens is 362 g/mol. The summed E-state index contributed by atoms with van der Waals surface area (Å²) in [5.41, 5.74) is 5.18. The van der Waals surface area contributed by atoms with Crippen molar-refractivity contribution >= 4 is 56.2 Å². The zero-order chi connectivity index (χ0) is 15.8. The molecule has 0 amide bonds. The van der Waals surface area contributed by atoms with Crippen molar-refractivity contribution in [3.8, 4) is 0 Å². The Balaban J connectivity index is 2.53. The van der Waals surface area contributed by atoms with Crippen LogP contribution < -0.4 is 10.5 Å². The minimum absolute atomic E-state index is 0.0222. The van der Waals surface area contributed by atoms with Gasteiger partial charge in [0.15, 0.2) is 0 Å².